The third kappa shape index (κ3) is 4.18. The molecule has 0 heterocycles. The maximum absolute atomic E-state index is 13.1. The highest BCUT2D eigenvalue weighted by Gasteiger charge is 2.40. The molecule has 1 saturated carbocycles. The lowest BCUT2D eigenvalue weighted by Crippen LogP contribution is -2.32. The fraction of sp³-hybridized carbons (Fsp3) is 0.533. The van der Waals surface area contributed by atoms with E-state index in [0.29, 0.717) is 13.0 Å². The average molecular weight is 283 g/mol. The Morgan fingerprint density at radius 3 is 2.70 bits per heavy atom. The van der Waals surface area contributed by atoms with Crippen LogP contribution in [0.15, 0.2) is 30.3 Å². The van der Waals surface area contributed by atoms with E-state index in [9.17, 15) is 13.6 Å². The second-order valence-electron chi connectivity index (χ2n) is 5.39. The highest BCUT2D eigenvalue weighted by molar-refractivity contribution is 5.67. The molecule has 0 N–H and O–H groups in total. The number of amides is 1. The number of hydrogen-bond acceptors (Lipinski definition) is 2. The fourth-order valence-corrected chi connectivity index (χ4v) is 2.49. The Morgan fingerprint density at radius 1 is 1.40 bits per heavy atom. The van der Waals surface area contributed by atoms with Crippen molar-refractivity contribution in [1.82, 2.24) is 4.90 Å². The predicted molar refractivity (Wildman–Crippen MR) is 71.5 cm³/mol. The van der Waals surface area contributed by atoms with Crippen molar-refractivity contribution in [2.75, 3.05) is 13.6 Å². The second-order valence-corrected chi connectivity index (χ2v) is 5.39. The minimum Gasteiger partial charge on any atom is -0.445 e. The molecule has 1 aliphatic rings. The molecule has 1 aromatic carbocycles. The minimum absolute atomic E-state index is 0.0788. The summed E-state index contributed by atoms with van der Waals surface area (Å²) in [5.74, 6) is -2.71. The number of hydrogen-bond donors (Lipinski definition) is 0. The predicted octanol–water partition coefficient (Wildman–Crippen LogP) is 3.69. The number of carbonyl (C=O) groups excluding carboxylic acids is 1. The molecule has 0 spiro atoms. The van der Waals surface area contributed by atoms with Crippen molar-refractivity contribution in [3.05, 3.63) is 35.9 Å². The van der Waals surface area contributed by atoms with Gasteiger partial charge in [0.15, 0.2) is 0 Å². The van der Waals surface area contributed by atoms with Crippen LogP contribution in [0.1, 0.15) is 24.8 Å². The lowest BCUT2D eigenvalue weighted by Gasteiger charge is -2.20. The van der Waals surface area contributed by atoms with Gasteiger partial charge in [0.1, 0.15) is 6.61 Å². The van der Waals surface area contributed by atoms with Crippen LogP contribution in [-0.2, 0) is 11.3 Å². The number of ether oxygens (including phenoxy) is 1. The van der Waals surface area contributed by atoms with Crippen molar-refractivity contribution in [3.63, 3.8) is 0 Å². The minimum atomic E-state index is -2.57. The first-order valence-corrected chi connectivity index (χ1v) is 6.76. The van der Waals surface area contributed by atoms with Crippen molar-refractivity contribution >= 4 is 6.09 Å². The third-order valence-corrected chi connectivity index (χ3v) is 3.55. The van der Waals surface area contributed by atoms with Crippen molar-refractivity contribution in [3.8, 4) is 0 Å². The quantitative estimate of drug-likeness (QED) is 0.843. The van der Waals surface area contributed by atoms with E-state index in [4.69, 9.17) is 4.74 Å². The Labute approximate surface area is 117 Å². The van der Waals surface area contributed by atoms with Crippen molar-refractivity contribution in [2.24, 2.45) is 5.92 Å². The zero-order valence-corrected chi connectivity index (χ0v) is 11.5. The van der Waals surface area contributed by atoms with Gasteiger partial charge in [-0.1, -0.05) is 30.3 Å². The van der Waals surface area contributed by atoms with Crippen molar-refractivity contribution in [2.45, 2.75) is 31.8 Å². The topological polar surface area (TPSA) is 29.5 Å². The van der Waals surface area contributed by atoms with Gasteiger partial charge in [-0.3, -0.25) is 0 Å². The first-order chi connectivity index (χ1) is 9.46. The van der Waals surface area contributed by atoms with Gasteiger partial charge in [-0.25, -0.2) is 13.6 Å². The van der Waals surface area contributed by atoms with Gasteiger partial charge in [-0.2, -0.15) is 0 Å². The number of nitrogens with zero attached hydrogens (tertiary/aromatic N) is 1. The zero-order chi connectivity index (χ0) is 14.6. The molecule has 0 radical (unpaired) electrons. The maximum atomic E-state index is 13.1. The summed E-state index contributed by atoms with van der Waals surface area (Å²) < 4.78 is 31.3. The van der Waals surface area contributed by atoms with Gasteiger partial charge >= 0.3 is 6.09 Å². The molecule has 0 aliphatic heterocycles. The van der Waals surface area contributed by atoms with Gasteiger partial charge in [0.05, 0.1) is 0 Å². The molecule has 5 heteroatoms. The second kappa shape index (κ2) is 6.20. The van der Waals surface area contributed by atoms with E-state index in [1.165, 1.54) is 4.90 Å². The summed E-state index contributed by atoms with van der Waals surface area (Å²) >= 11 is 0. The van der Waals surface area contributed by atoms with E-state index in [-0.39, 0.29) is 25.4 Å². The lowest BCUT2D eigenvalue weighted by molar-refractivity contribution is 0.00350. The van der Waals surface area contributed by atoms with Gasteiger partial charge in [-0.15, -0.1) is 0 Å². The first kappa shape index (κ1) is 14.8. The van der Waals surface area contributed by atoms with Crippen LogP contribution in [0.25, 0.3) is 0 Å². The van der Waals surface area contributed by atoms with Gasteiger partial charge in [0, 0.05) is 26.4 Å². The number of rotatable bonds is 4. The number of alkyl halides is 2. The standard InChI is InChI=1S/C15H19F2NO2/c1-18(10-13-7-8-15(16,17)9-13)14(19)20-11-12-5-3-2-4-6-12/h2-6,13H,7-11H2,1H3. The molecule has 0 bridgehead atoms. The zero-order valence-electron chi connectivity index (χ0n) is 11.5. The molecular formula is C15H19F2NO2. The molecule has 1 aromatic rings. The van der Waals surface area contributed by atoms with E-state index in [1.54, 1.807) is 7.05 Å². The Bertz CT molecular complexity index is 450. The largest absolute Gasteiger partial charge is 0.445 e. The Balaban J connectivity index is 1.75. The molecule has 1 fully saturated rings. The molecule has 3 nitrogen and oxygen atoms in total. The smallest absolute Gasteiger partial charge is 0.409 e. The average Bonchev–Trinajstić information content (AvgIpc) is 2.76. The molecule has 20 heavy (non-hydrogen) atoms. The molecule has 110 valence electrons. The summed E-state index contributed by atoms with van der Waals surface area (Å²) in [6, 6.07) is 9.36. The summed E-state index contributed by atoms with van der Waals surface area (Å²) in [6.45, 7) is 0.522. The van der Waals surface area contributed by atoms with E-state index in [0.717, 1.165) is 5.56 Å². The Hall–Kier alpha value is -1.65. The van der Waals surface area contributed by atoms with Crippen LogP contribution >= 0.6 is 0 Å². The van der Waals surface area contributed by atoms with Gasteiger partial charge in [0.2, 0.25) is 5.92 Å². The molecule has 2 rings (SSSR count). The van der Waals surface area contributed by atoms with E-state index < -0.39 is 12.0 Å². The van der Waals surface area contributed by atoms with Crippen LogP contribution in [0.3, 0.4) is 0 Å². The normalized spacial score (nSPS) is 20.6. The van der Waals surface area contributed by atoms with Crippen LogP contribution in [0.5, 0.6) is 0 Å². The van der Waals surface area contributed by atoms with Crippen LogP contribution in [0.2, 0.25) is 0 Å². The summed E-state index contributed by atoms with van der Waals surface area (Å²) in [6.07, 6.45) is -0.221. The molecule has 1 unspecified atom stereocenters. The lowest BCUT2D eigenvalue weighted by atomic mass is 10.1. The number of carbonyl (C=O) groups is 1. The van der Waals surface area contributed by atoms with Crippen LogP contribution in [0, 0.1) is 5.92 Å². The van der Waals surface area contributed by atoms with Gasteiger partial charge in [0.25, 0.3) is 0 Å². The summed E-state index contributed by atoms with van der Waals surface area (Å²) in [4.78, 5) is 13.2. The monoisotopic (exact) mass is 283 g/mol. The van der Waals surface area contributed by atoms with Gasteiger partial charge < -0.3 is 9.64 Å². The van der Waals surface area contributed by atoms with Crippen LogP contribution < -0.4 is 0 Å². The Morgan fingerprint density at radius 2 is 2.10 bits per heavy atom. The molecule has 0 saturated heterocycles. The van der Waals surface area contributed by atoms with E-state index >= 15 is 0 Å². The summed E-state index contributed by atoms with van der Waals surface area (Å²) in [7, 11) is 1.59. The van der Waals surface area contributed by atoms with E-state index in [2.05, 4.69) is 0 Å². The van der Waals surface area contributed by atoms with Crippen LogP contribution in [-0.4, -0.2) is 30.5 Å². The van der Waals surface area contributed by atoms with Gasteiger partial charge in [-0.05, 0) is 17.9 Å². The SMILES string of the molecule is CN(CC1CCC(F)(F)C1)C(=O)OCc1ccccc1. The molecular weight excluding hydrogens is 264 g/mol. The third-order valence-electron chi connectivity index (χ3n) is 3.55. The first-order valence-electron chi connectivity index (χ1n) is 6.76. The fourth-order valence-electron chi connectivity index (χ4n) is 2.49. The van der Waals surface area contributed by atoms with E-state index in [1.807, 2.05) is 30.3 Å². The van der Waals surface area contributed by atoms with Crippen molar-refractivity contribution < 1.29 is 18.3 Å². The molecule has 1 atom stereocenters. The highest BCUT2D eigenvalue weighted by atomic mass is 19.3. The Kier molecular flexibility index (Phi) is 4.57. The summed E-state index contributed by atoms with van der Waals surface area (Å²) in [5, 5.41) is 0. The molecule has 1 amide bonds. The highest BCUT2D eigenvalue weighted by Crippen LogP contribution is 2.38. The molecule has 0 aromatic heterocycles. The molecule has 1 aliphatic carbocycles. The van der Waals surface area contributed by atoms with Crippen LogP contribution in [0.4, 0.5) is 13.6 Å². The number of benzene rings is 1. The summed E-state index contributed by atoms with van der Waals surface area (Å²) in [5.41, 5.74) is 0.904. The maximum Gasteiger partial charge on any atom is 0.409 e. The van der Waals surface area contributed by atoms with Crippen molar-refractivity contribution in [1.29, 1.82) is 0 Å². The number of halogens is 2.